The molecule has 3 rings (SSSR count). The molecule has 0 fully saturated rings. The lowest BCUT2D eigenvalue weighted by Crippen LogP contribution is -2.18. The summed E-state index contributed by atoms with van der Waals surface area (Å²) in [5, 5.41) is 19.9. The van der Waals surface area contributed by atoms with Gasteiger partial charge >= 0.3 is 12.3 Å². The minimum absolute atomic E-state index is 0.0187. The highest BCUT2D eigenvalue weighted by Crippen LogP contribution is 2.38. The molecule has 0 unspecified atom stereocenters. The van der Waals surface area contributed by atoms with Crippen molar-refractivity contribution in [1.82, 2.24) is 4.57 Å². The normalized spacial score (nSPS) is 12.8. The molecule has 1 atom stereocenters. The van der Waals surface area contributed by atoms with Gasteiger partial charge in [-0.15, -0.1) is 13.2 Å². The number of aromatic nitrogens is 1. The van der Waals surface area contributed by atoms with Crippen molar-refractivity contribution in [2.24, 2.45) is 5.92 Å². The van der Waals surface area contributed by atoms with Gasteiger partial charge in [0.05, 0.1) is 11.4 Å². The van der Waals surface area contributed by atoms with Gasteiger partial charge in [-0.1, -0.05) is 13.8 Å². The van der Waals surface area contributed by atoms with E-state index in [0.29, 0.717) is 0 Å². The summed E-state index contributed by atoms with van der Waals surface area (Å²) in [4.78, 5) is 25.3. The molecule has 0 saturated carbocycles. The third kappa shape index (κ3) is 4.94. The van der Waals surface area contributed by atoms with Crippen LogP contribution >= 0.6 is 0 Å². The van der Waals surface area contributed by atoms with Gasteiger partial charge in [-0.2, -0.15) is 0 Å². The van der Waals surface area contributed by atoms with Crippen LogP contribution in [0.5, 0.6) is 11.5 Å². The molecule has 0 aliphatic heterocycles. The molecule has 176 valence electrons. The molecule has 1 aromatic heterocycles. The zero-order valence-electron chi connectivity index (χ0n) is 17.9. The number of carboxylic acid groups (broad SMARTS) is 1. The van der Waals surface area contributed by atoms with Crippen LogP contribution in [0.1, 0.15) is 47.8 Å². The number of hydrogen-bond donors (Lipinski definition) is 2. The van der Waals surface area contributed by atoms with E-state index in [1.54, 1.807) is 0 Å². The van der Waals surface area contributed by atoms with E-state index in [9.17, 15) is 37.4 Å². The summed E-state index contributed by atoms with van der Waals surface area (Å²) in [6.45, 7) is 5.16. The van der Waals surface area contributed by atoms with Gasteiger partial charge in [0.15, 0.2) is 11.6 Å². The molecule has 33 heavy (non-hydrogen) atoms. The summed E-state index contributed by atoms with van der Waals surface area (Å²) in [6, 6.07) is 6.17. The lowest BCUT2D eigenvalue weighted by atomic mass is 9.88. The van der Waals surface area contributed by atoms with Crippen LogP contribution < -0.4 is 4.74 Å². The smallest absolute Gasteiger partial charge is 0.505 e. The topological polar surface area (TPSA) is 88.8 Å². The van der Waals surface area contributed by atoms with Crippen LogP contribution in [-0.2, 0) is 4.79 Å². The van der Waals surface area contributed by atoms with E-state index >= 15 is 0 Å². The highest BCUT2D eigenvalue weighted by molar-refractivity contribution is 6.05. The van der Waals surface area contributed by atoms with E-state index in [0.717, 1.165) is 41.0 Å². The highest BCUT2D eigenvalue weighted by Gasteiger charge is 2.32. The van der Waals surface area contributed by atoms with Gasteiger partial charge < -0.3 is 14.9 Å². The minimum Gasteiger partial charge on any atom is -0.505 e. The second-order valence-electron chi connectivity index (χ2n) is 8.05. The maximum Gasteiger partial charge on any atom is 0.573 e. The minimum atomic E-state index is -4.89. The van der Waals surface area contributed by atoms with Crippen LogP contribution in [0, 0.1) is 18.7 Å². The second-order valence-corrected chi connectivity index (χ2v) is 8.05. The number of rotatable bonds is 6. The molecular formula is C23H21F4NO5. The van der Waals surface area contributed by atoms with Crippen molar-refractivity contribution in [2.45, 2.75) is 39.5 Å². The van der Waals surface area contributed by atoms with Gasteiger partial charge in [0.2, 0.25) is 0 Å². The van der Waals surface area contributed by atoms with Gasteiger partial charge in [0, 0.05) is 22.7 Å². The lowest BCUT2D eigenvalue weighted by molar-refractivity contribution is -0.274. The Morgan fingerprint density at radius 1 is 1.12 bits per heavy atom. The largest absolute Gasteiger partial charge is 0.573 e. The van der Waals surface area contributed by atoms with E-state index in [2.05, 4.69) is 4.74 Å². The molecule has 0 spiro atoms. The summed E-state index contributed by atoms with van der Waals surface area (Å²) in [5.74, 6) is -5.13. The number of halogens is 4. The molecule has 6 nitrogen and oxygen atoms in total. The first-order valence-electron chi connectivity index (χ1n) is 9.97. The number of benzene rings is 2. The third-order valence-electron chi connectivity index (χ3n) is 5.21. The molecular weight excluding hydrogens is 446 g/mol. The summed E-state index contributed by atoms with van der Waals surface area (Å²) in [6.07, 6.45) is -4.67. The number of aromatic hydroxyl groups is 1. The molecule has 2 aromatic carbocycles. The average Bonchev–Trinajstić information content (AvgIpc) is 2.96. The van der Waals surface area contributed by atoms with E-state index in [-0.39, 0.29) is 40.1 Å². The van der Waals surface area contributed by atoms with Crippen LogP contribution in [0.15, 0.2) is 36.4 Å². The predicted molar refractivity (Wildman–Crippen MR) is 111 cm³/mol. The third-order valence-corrected chi connectivity index (χ3v) is 5.21. The monoisotopic (exact) mass is 467 g/mol. The van der Waals surface area contributed by atoms with Crippen molar-refractivity contribution < 1.29 is 42.1 Å². The Bertz CT molecular complexity index is 1210. The first-order valence-corrected chi connectivity index (χ1v) is 9.97. The van der Waals surface area contributed by atoms with Crippen LogP contribution in [0.3, 0.4) is 0 Å². The zero-order chi connectivity index (χ0) is 24.7. The van der Waals surface area contributed by atoms with Crippen molar-refractivity contribution in [3.8, 4) is 11.5 Å². The van der Waals surface area contributed by atoms with Crippen LogP contribution in [0.2, 0.25) is 0 Å². The Morgan fingerprint density at radius 2 is 1.73 bits per heavy atom. The molecule has 3 aromatic rings. The van der Waals surface area contributed by atoms with Gasteiger partial charge in [-0.3, -0.25) is 14.2 Å². The van der Waals surface area contributed by atoms with Crippen LogP contribution in [-0.4, -0.2) is 33.0 Å². The van der Waals surface area contributed by atoms with Crippen molar-refractivity contribution in [3.63, 3.8) is 0 Å². The van der Waals surface area contributed by atoms with Gasteiger partial charge in [0.25, 0.3) is 5.91 Å². The second kappa shape index (κ2) is 8.76. The quantitative estimate of drug-likeness (QED) is 0.461. The van der Waals surface area contributed by atoms with E-state index in [1.165, 1.54) is 6.92 Å². The molecule has 10 heteroatoms. The molecule has 1 heterocycles. The number of fused-ring (bicyclic) bond motifs is 1. The first-order chi connectivity index (χ1) is 15.3. The van der Waals surface area contributed by atoms with Gasteiger partial charge in [-0.05, 0) is 55.2 Å². The predicted octanol–water partition coefficient (Wildman–Crippen LogP) is 5.60. The molecule has 0 amide bonds. The van der Waals surface area contributed by atoms with Crippen molar-refractivity contribution in [3.05, 3.63) is 59.0 Å². The standard InChI is InChI=1S/C23H21F4NO5/c1-11(2)8-16(22(31)32)20-12(3)28(18-10-17(24)19(29)9-15(18)20)21(30)13-4-6-14(7-5-13)33-23(25,26)27/h4-7,9-11,16,29H,8H2,1-3H3,(H,31,32)/t16-/m0/s1. The molecule has 0 aliphatic rings. The van der Waals surface area contributed by atoms with Crippen molar-refractivity contribution in [1.29, 1.82) is 0 Å². The summed E-state index contributed by atoms with van der Waals surface area (Å²) >= 11 is 0. The van der Waals surface area contributed by atoms with E-state index < -0.39 is 41.5 Å². The Balaban J connectivity index is 2.18. The summed E-state index contributed by atoms with van der Waals surface area (Å²) in [5.41, 5.74) is 0.490. The maximum atomic E-state index is 14.2. The number of alkyl halides is 3. The highest BCUT2D eigenvalue weighted by atomic mass is 19.4. The number of carbonyl (C=O) groups is 2. The molecule has 2 N–H and O–H groups in total. The fraction of sp³-hybridized carbons (Fsp3) is 0.304. The Kier molecular flexibility index (Phi) is 6.40. The zero-order valence-corrected chi connectivity index (χ0v) is 17.9. The average molecular weight is 467 g/mol. The van der Waals surface area contributed by atoms with Crippen molar-refractivity contribution in [2.75, 3.05) is 0 Å². The van der Waals surface area contributed by atoms with Crippen LogP contribution in [0.25, 0.3) is 10.9 Å². The summed E-state index contributed by atoms with van der Waals surface area (Å²) < 4.78 is 56.3. The number of nitrogens with zero attached hydrogens (tertiary/aromatic N) is 1. The Morgan fingerprint density at radius 3 is 2.24 bits per heavy atom. The van der Waals surface area contributed by atoms with Gasteiger partial charge in [-0.25, -0.2) is 4.39 Å². The molecule has 0 aliphatic carbocycles. The van der Waals surface area contributed by atoms with Gasteiger partial charge in [0.1, 0.15) is 5.75 Å². The summed E-state index contributed by atoms with van der Waals surface area (Å²) in [7, 11) is 0. The molecule has 0 bridgehead atoms. The maximum absolute atomic E-state index is 14.2. The molecule has 0 radical (unpaired) electrons. The van der Waals surface area contributed by atoms with Crippen LogP contribution in [0.4, 0.5) is 17.6 Å². The number of phenols is 1. The molecule has 0 saturated heterocycles. The Hall–Kier alpha value is -3.56. The SMILES string of the molecule is Cc1c([C@H](CC(C)C)C(=O)O)c2cc(O)c(F)cc2n1C(=O)c1ccc(OC(F)(F)F)cc1. The number of phenolic OH excluding ortho intramolecular Hbond substituents is 1. The number of hydrogen-bond acceptors (Lipinski definition) is 4. The Labute approximate surface area is 186 Å². The van der Waals surface area contributed by atoms with E-state index in [1.807, 2.05) is 13.8 Å². The fourth-order valence-electron chi connectivity index (χ4n) is 3.89. The fourth-order valence-corrected chi connectivity index (χ4v) is 3.89. The first kappa shape index (κ1) is 24.1. The number of ether oxygens (including phenoxy) is 1. The number of aliphatic carboxylic acids is 1. The number of carbonyl (C=O) groups excluding carboxylic acids is 1. The van der Waals surface area contributed by atoms with Crippen molar-refractivity contribution >= 4 is 22.8 Å². The van der Waals surface area contributed by atoms with E-state index in [4.69, 9.17) is 0 Å². The lowest BCUT2D eigenvalue weighted by Gasteiger charge is -2.16. The number of carboxylic acids is 1.